The molecule has 0 aliphatic carbocycles. The van der Waals surface area contributed by atoms with E-state index in [0.717, 1.165) is 0 Å². The number of anilines is 7. The molecule has 1 radical (unpaired) electrons. The Hall–Kier alpha value is -5.26. The topological polar surface area (TPSA) is 44.9 Å². The van der Waals surface area contributed by atoms with Crippen LogP contribution in [0.25, 0.3) is 0 Å². The zero-order chi connectivity index (χ0) is 76.3. The van der Waals surface area contributed by atoms with Crippen LogP contribution in [0.5, 0.6) is 0 Å². The summed E-state index contributed by atoms with van der Waals surface area (Å²) in [7, 11) is 3.34. The van der Waals surface area contributed by atoms with Crippen molar-refractivity contribution in [1.29, 1.82) is 0 Å². The van der Waals surface area contributed by atoms with Gasteiger partial charge in [-0.3, -0.25) is 4.39 Å². The molecular weight excluding hydrogens is 946 g/mol. The summed E-state index contributed by atoms with van der Waals surface area (Å²) in [6.07, 6.45) is 0. The number of alkyl halides is 1. The van der Waals surface area contributed by atoms with Crippen LogP contribution in [-0.4, -0.2) is 14.8 Å². The summed E-state index contributed by atoms with van der Waals surface area (Å²) in [6.45, 7) is 0. The molecule has 4 nitrogen and oxygen atoms in total. The van der Waals surface area contributed by atoms with Crippen LogP contribution in [0, 0.1) is 0 Å². The van der Waals surface area contributed by atoms with Crippen molar-refractivity contribution in [2.24, 2.45) is 4.30 Å². The summed E-state index contributed by atoms with van der Waals surface area (Å²) in [5.41, 5.74) is 0.927. The van der Waals surface area contributed by atoms with Crippen molar-refractivity contribution in [3.8, 4) is 0 Å². The first-order chi connectivity index (χ1) is 45.1. The van der Waals surface area contributed by atoms with Gasteiger partial charge in [-0.2, -0.15) is 0 Å². The van der Waals surface area contributed by atoms with Gasteiger partial charge in [-0.05, 0) is 121 Å². The second kappa shape index (κ2) is 29.0. The van der Waals surface area contributed by atoms with Gasteiger partial charge in [-0.25, -0.2) is 0 Å². The molecule has 0 bridgehead atoms. The van der Waals surface area contributed by atoms with E-state index in [-0.39, 0.29) is 61.4 Å². The van der Waals surface area contributed by atoms with Gasteiger partial charge in [0.2, 0.25) is 0 Å². The Labute approximate surface area is 435 Å². The first-order valence-corrected chi connectivity index (χ1v) is 17.7. The van der Waals surface area contributed by atoms with E-state index in [1.807, 2.05) is 0 Å². The Balaban J connectivity index is 0.000000362. The van der Waals surface area contributed by atoms with Gasteiger partial charge in [0.1, 0.15) is 0 Å². The maximum atomic E-state index is 9.96. The van der Waals surface area contributed by atoms with E-state index in [4.69, 9.17) is 59.2 Å². The van der Waals surface area contributed by atoms with Gasteiger partial charge < -0.3 is 15.5 Å². The van der Waals surface area contributed by atoms with E-state index in [1.165, 1.54) is 0 Å². The van der Waals surface area contributed by atoms with E-state index in [9.17, 15) is 4.39 Å². The minimum atomic E-state index is -1.00. The standard InChI is InChI=1S/C18H13Br2N.C18H15N.C6H5Br.C6H7N.CH3F.BHNS/c19-14-6-10-17(11-7-14)21(16-4-2-1-3-5-16)18-12-8-15(20)9-13-18;1-4-10-16(11-5-1)19(17-12-6-2-7-13-17)18-14-8-3-9-15-18;2*7-6-4-2-1-3-5-6;1-2;1-2-3/h1-13H;1-15H;1-5H;1-5H,7H2;1H3;3H/i1D,2D,3D,4D,5D,6D,7D,8D,9D,10D,11D,12D,13D;1D,2D,3D,4D,5D,6D,7D,8D,9D,10D,11D,12D,13D,14D,15D;2*1D,2D,3D,4D,5D;1D;. The first kappa shape index (κ1) is 16.7. The van der Waals surface area contributed by atoms with Gasteiger partial charge in [0.25, 0.3) is 0 Å². The van der Waals surface area contributed by atoms with Crippen molar-refractivity contribution in [3.63, 3.8) is 0 Å². The first-order valence-electron chi connectivity index (χ1n) is 34.6. The fourth-order valence-electron chi connectivity index (χ4n) is 3.39. The van der Waals surface area contributed by atoms with E-state index >= 15 is 0 Å². The van der Waals surface area contributed by atoms with Crippen molar-refractivity contribution in [3.05, 3.63) is 243 Å². The summed E-state index contributed by atoms with van der Waals surface area (Å²) in [5.74, 6) is 0. The molecule has 297 valence electrons. The van der Waals surface area contributed by atoms with E-state index in [2.05, 4.69) is 72.5 Å². The van der Waals surface area contributed by atoms with Gasteiger partial charge >= 0.3 is 24.8 Å². The Bertz CT molecular complexity index is 3530. The molecule has 2 N–H and O–H groups in total. The van der Waals surface area contributed by atoms with Crippen LogP contribution in [0.4, 0.5) is 44.2 Å². The molecule has 0 amide bonds. The molecule has 0 atom stereocenters. The van der Waals surface area contributed by atoms with Crippen LogP contribution in [-0.2, 0) is 0 Å². The zero-order valence-electron chi connectivity index (χ0n) is 68.2. The van der Waals surface area contributed by atoms with Crippen LogP contribution >= 0.6 is 60.6 Å². The van der Waals surface area contributed by atoms with Crippen LogP contribution in [0.3, 0.4) is 0 Å². The number of nitrogen functional groups attached to an aromatic ring is 1. The number of benzene rings is 8. The van der Waals surface area contributed by atoms with Crippen molar-refractivity contribution in [2.45, 2.75) is 0 Å². The average Bonchev–Trinajstić information content (AvgIpc) is 0.735. The molecular formula is C49H44BBr3FN4S. The number of nitrogens with zero attached hydrogens (tertiary/aromatic N) is 3. The van der Waals surface area contributed by atoms with E-state index in [0.29, 0.717) is 9.80 Å². The van der Waals surface area contributed by atoms with E-state index in [1.54, 1.807) is 0 Å². The number of hydrogen-bond donors (Lipinski definition) is 2. The van der Waals surface area contributed by atoms with Crippen LogP contribution in [0.1, 0.15) is 53.5 Å². The Kier molecular flexibility index (Phi) is 8.20. The molecule has 0 saturated carbocycles. The number of rotatable bonds is 6. The molecule has 0 spiro atoms. The molecule has 0 saturated heterocycles. The molecule has 59 heavy (non-hydrogen) atoms. The molecule has 0 aliphatic heterocycles. The molecule has 8 aromatic rings. The summed E-state index contributed by atoms with van der Waals surface area (Å²) in [6, 6.07) is -24.8. The third-order valence-electron chi connectivity index (χ3n) is 5.44. The maximum absolute atomic E-state index is 9.96. The predicted octanol–water partition coefficient (Wildman–Crippen LogP) is 16.3. The summed E-state index contributed by atoms with van der Waals surface area (Å²) < 4.78 is 318. The number of halogens is 4. The quantitative estimate of drug-likeness (QED) is 0.0991. The molecule has 0 fully saturated rings. The molecule has 0 aromatic heterocycles. The number of thiol groups is 1. The second-order valence-corrected chi connectivity index (χ2v) is 11.6. The molecule has 0 heterocycles. The molecule has 10 heteroatoms. The van der Waals surface area contributed by atoms with Gasteiger partial charge in [-0.15, -0.1) is 0 Å². The predicted molar refractivity (Wildman–Crippen MR) is 267 cm³/mol. The van der Waals surface area contributed by atoms with Gasteiger partial charge in [0, 0.05) is 53.2 Å². The van der Waals surface area contributed by atoms with Gasteiger partial charge in [0.15, 0.2) is 0 Å². The van der Waals surface area contributed by atoms with Crippen molar-refractivity contribution in [2.75, 3.05) is 22.7 Å². The molecule has 8 rings (SSSR count). The molecule has 0 unspecified atom stereocenters. The van der Waals surface area contributed by atoms with Crippen LogP contribution < -0.4 is 15.5 Å². The second-order valence-electron chi connectivity index (χ2n) is 8.98. The fraction of sp³-hybridized carbons (Fsp3) is 0.0204. The fourth-order valence-corrected chi connectivity index (χ4v) is 3.99. The van der Waals surface area contributed by atoms with Gasteiger partial charge in [-0.1, -0.05) is 157 Å². The monoisotopic (exact) mass is 1030 g/mol. The number of hydrogen-bond acceptors (Lipinski definition) is 5. The molecule has 8 aromatic carbocycles. The summed E-state index contributed by atoms with van der Waals surface area (Å²) >= 11 is 12.0. The molecule has 0 aliphatic rings. The van der Waals surface area contributed by atoms with Crippen LogP contribution in [0.2, 0.25) is 0 Å². The zero-order valence-corrected chi connectivity index (χ0v) is 34.8. The SMILES string of the molecule is [2H]CF.[2H]c1c([2H])c([2H])c(Br)c([2H])c1[2H].[2H]c1c([2H])c([2H])c(N(c2c([2H])c([2H])c(Br)c([2H])c2[2H])c2c([2H])c([2H])c(Br)c([2H])c2[2H])c([2H])c1[2H].[2H]c1c([2H])c([2H])c(N(c2c([2H])c([2H])c([2H])c([2H])c2[2H])c2c([2H])c([2H])c([2H])c([2H])c2[2H])c([2H])c1[2H].[2H]c1c([2H])c([2H])c(N)c([2H])c1[2H].[B]=NS. The number of nitrogens with two attached hydrogens (primary N) is 1. The summed E-state index contributed by atoms with van der Waals surface area (Å²) in [5, 5.41) is 0. The van der Waals surface area contributed by atoms with Crippen molar-refractivity contribution in [1.82, 2.24) is 0 Å². The van der Waals surface area contributed by atoms with Crippen molar-refractivity contribution < 1.29 is 57.8 Å². The van der Waals surface area contributed by atoms with Crippen molar-refractivity contribution >= 4 is 108 Å². The van der Waals surface area contributed by atoms with Gasteiger partial charge in [0.05, 0.1) is 60.6 Å². The Morgan fingerprint density at radius 2 is 0.627 bits per heavy atom. The Morgan fingerprint density at radius 3 is 0.881 bits per heavy atom. The minimum absolute atomic E-state index is 0.105. The third kappa shape index (κ3) is 18.1. The van der Waals surface area contributed by atoms with Crippen LogP contribution in [0.15, 0.2) is 247 Å². The normalized spacial score (nSPS) is 18.5. The van der Waals surface area contributed by atoms with E-state index < -0.39 is 229 Å². The summed E-state index contributed by atoms with van der Waals surface area (Å²) in [4.78, 5) is 1.21. The average molecular weight is 1030 g/mol. The number of para-hydroxylation sites is 5. The Morgan fingerprint density at radius 1 is 0.441 bits per heavy atom. The third-order valence-corrected chi connectivity index (χ3v) is 6.63.